The summed E-state index contributed by atoms with van der Waals surface area (Å²) < 4.78 is 42.3. The largest absolute Gasteiger partial charge is 0.481 e. The summed E-state index contributed by atoms with van der Waals surface area (Å²) in [4.78, 5) is 21.0. The van der Waals surface area contributed by atoms with Crippen LogP contribution in [0.3, 0.4) is 0 Å². The summed E-state index contributed by atoms with van der Waals surface area (Å²) in [5.41, 5.74) is 7.61. The topological polar surface area (TPSA) is 106 Å². The number of carboxylic acids is 1. The van der Waals surface area contributed by atoms with E-state index in [1.54, 1.807) is 22.7 Å². The highest BCUT2D eigenvalue weighted by atomic mass is 32.1. The Bertz CT molecular complexity index is 1220. The van der Waals surface area contributed by atoms with Gasteiger partial charge in [0.15, 0.2) is 5.82 Å². The van der Waals surface area contributed by atoms with Gasteiger partial charge in [0.1, 0.15) is 23.4 Å². The fourth-order valence-corrected chi connectivity index (χ4v) is 5.95. The van der Waals surface area contributed by atoms with Gasteiger partial charge in [-0.2, -0.15) is 18.3 Å². The average Bonchev–Trinajstić information content (AvgIpc) is 3.35. The number of thiophene rings is 1. The minimum absolute atomic E-state index is 0.0152. The lowest BCUT2D eigenvalue weighted by molar-refractivity contribution is -0.149. The Morgan fingerprint density at radius 3 is 2.69 bits per heavy atom. The molecule has 0 radical (unpaired) electrons. The lowest BCUT2D eigenvalue weighted by Crippen LogP contribution is -2.21. The highest BCUT2D eigenvalue weighted by molar-refractivity contribution is 7.16. The molecule has 0 saturated heterocycles. The Labute approximate surface area is 184 Å². The van der Waals surface area contributed by atoms with Crippen LogP contribution in [0, 0.1) is 5.92 Å². The number of halogens is 3. The Balaban J connectivity index is 1.59. The zero-order valence-electron chi connectivity index (χ0n) is 16.8. The third-order valence-corrected chi connectivity index (χ3v) is 7.60. The first kappa shape index (κ1) is 20.9. The van der Waals surface area contributed by atoms with Crippen molar-refractivity contribution in [3.63, 3.8) is 0 Å². The number of anilines is 1. The molecule has 11 heteroatoms. The summed E-state index contributed by atoms with van der Waals surface area (Å²) >= 11 is 1.08. The van der Waals surface area contributed by atoms with E-state index in [4.69, 9.17) is 10.7 Å². The molecule has 1 saturated carbocycles. The number of nitrogens with two attached hydrogens (primary N) is 1. The van der Waals surface area contributed by atoms with Gasteiger partial charge < -0.3 is 10.8 Å². The number of alkyl halides is 3. The van der Waals surface area contributed by atoms with Gasteiger partial charge in [0, 0.05) is 10.8 Å². The minimum Gasteiger partial charge on any atom is -0.481 e. The van der Waals surface area contributed by atoms with Crippen molar-refractivity contribution in [2.45, 2.75) is 50.1 Å². The number of hydrogen-bond donors (Lipinski definition) is 2. The summed E-state index contributed by atoms with van der Waals surface area (Å²) in [6.45, 7) is 0. The van der Waals surface area contributed by atoms with Crippen LogP contribution in [0.15, 0.2) is 18.5 Å². The molecule has 1 unspecified atom stereocenters. The molecular weight excluding hydrogens is 443 g/mol. The van der Waals surface area contributed by atoms with E-state index in [-0.39, 0.29) is 29.0 Å². The van der Waals surface area contributed by atoms with Gasteiger partial charge in [0.2, 0.25) is 0 Å². The zero-order chi connectivity index (χ0) is 22.6. The Hall–Kier alpha value is -2.95. The Kier molecular flexibility index (Phi) is 4.95. The molecule has 1 atom stereocenters. The second-order valence-corrected chi connectivity index (χ2v) is 9.36. The highest BCUT2D eigenvalue weighted by Crippen LogP contribution is 2.48. The maximum Gasteiger partial charge on any atom is 0.396 e. The van der Waals surface area contributed by atoms with E-state index in [1.807, 2.05) is 0 Å². The van der Waals surface area contributed by atoms with Crippen molar-refractivity contribution < 1.29 is 23.1 Å². The number of hydrogen-bond acceptors (Lipinski definition) is 6. The van der Waals surface area contributed by atoms with Gasteiger partial charge in [-0.15, -0.1) is 11.3 Å². The van der Waals surface area contributed by atoms with E-state index in [0.717, 1.165) is 11.3 Å². The second kappa shape index (κ2) is 7.58. The van der Waals surface area contributed by atoms with Crippen molar-refractivity contribution in [1.82, 2.24) is 19.6 Å². The smallest absolute Gasteiger partial charge is 0.396 e. The number of aliphatic carboxylic acids is 1. The summed E-state index contributed by atoms with van der Waals surface area (Å²) in [7, 11) is 0. The molecule has 3 heterocycles. The SMILES string of the molecule is Nc1ncnn2c(C3CCC(C(=O)O)CC3)nc(-c3cc4c(s3)C(C(F)(F)F)CC=C4)c12. The zero-order valence-corrected chi connectivity index (χ0v) is 17.7. The fraction of sp³-hybridized carbons (Fsp3) is 0.429. The van der Waals surface area contributed by atoms with Crippen LogP contribution >= 0.6 is 11.3 Å². The van der Waals surface area contributed by atoms with Gasteiger partial charge in [0.25, 0.3) is 0 Å². The first-order valence-corrected chi connectivity index (χ1v) is 11.1. The molecular formula is C21H20F3N5O2S. The van der Waals surface area contributed by atoms with Crippen molar-refractivity contribution in [1.29, 1.82) is 0 Å². The monoisotopic (exact) mass is 463 g/mol. The fourth-order valence-electron chi connectivity index (χ4n) is 4.67. The van der Waals surface area contributed by atoms with E-state index < -0.39 is 18.1 Å². The molecule has 2 aliphatic carbocycles. The van der Waals surface area contributed by atoms with Crippen LogP contribution in [0.2, 0.25) is 0 Å². The number of carbonyl (C=O) groups is 1. The normalized spacial score (nSPS) is 23.4. The maximum atomic E-state index is 13.6. The molecule has 0 spiro atoms. The molecule has 0 bridgehead atoms. The standard InChI is InChI=1S/C21H20F3N5O2S/c22-21(23,24)13-3-1-2-12-8-14(32-17(12)13)15-16-18(25)26-9-27-29(16)19(28-15)10-4-6-11(7-5-10)20(30)31/h1-2,8-11,13H,3-7H2,(H,30,31)(H2,25,26,27). The molecule has 5 rings (SSSR count). The van der Waals surface area contributed by atoms with Crippen LogP contribution in [-0.2, 0) is 4.79 Å². The molecule has 32 heavy (non-hydrogen) atoms. The molecule has 3 N–H and O–H groups in total. The molecule has 0 amide bonds. The third kappa shape index (κ3) is 3.44. The second-order valence-electron chi connectivity index (χ2n) is 8.27. The van der Waals surface area contributed by atoms with Gasteiger partial charge in [-0.25, -0.2) is 14.5 Å². The Morgan fingerprint density at radius 1 is 1.25 bits per heavy atom. The molecule has 3 aromatic heterocycles. The van der Waals surface area contributed by atoms with E-state index in [0.29, 0.717) is 53.2 Å². The van der Waals surface area contributed by atoms with Crippen molar-refractivity contribution in [3.05, 3.63) is 34.7 Å². The number of aromatic nitrogens is 4. The minimum atomic E-state index is -4.33. The number of rotatable bonds is 3. The number of fused-ring (bicyclic) bond motifs is 2. The molecule has 168 valence electrons. The van der Waals surface area contributed by atoms with Crippen LogP contribution < -0.4 is 5.73 Å². The van der Waals surface area contributed by atoms with Crippen LogP contribution in [0.5, 0.6) is 0 Å². The molecule has 2 aliphatic rings. The number of nitrogen functional groups attached to an aromatic ring is 1. The summed E-state index contributed by atoms with van der Waals surface area (Å²) in [5.74, 6) is -1.87. The summed E-state index contributed by atoms with van der Waals surface area (Å²) in [5, 5.41) is 13.6. The van der Waals surface area contributed by atoms with Crippen molar-refractivity contribution >= 4 is 34.7 Å². The number of allylic oxidation sites excluding steroid dienone is 1. The predicted molar refractivity (Wildman–Crippen MR) is 113 cm³/mol. The molecule has 7 nitrogen and oxygen atoms in total. The van der Waals surface area contributed by atoms with Gasteiger partial charge in [-0.1, -0.05) is 12.2 Å². The predicted octanol–water partition coefficient (Wildman–Crippen LogP) is 4.86. The van der Waals surface area contributed by atoms with E-state index in [1.165, 1.54) is 6.33 Å². The first-order chi connectivity index (χ1) is 15.2. The van der Waals surface area contributed by atoms with Crippen LogP contribution in [0.25, 0.3) is 22.2 Å². The number of imidazole rings is 1. The third-order valence-electron chi connectivity index (χ3n) is 6.33. The molecule has 3 aromatic rings. The Morgan fingerprint density at radius 2 is 2.00 bits per heavy atom. The van der Waals surface area contributed by atoms with Gasteiger partial charge in [0.05, 0.1) is 16.7 Å². The number of carboxylic acid groups (broad SMARTS) is 1. The summed E-state index contributed by atoms with van der Waals surface area (Å²) in [6.07, 6.45) is 2.53. The highest BCUT2D eigenvalue weighted by Gasteiger charge is 2.43. The van der Waals surface area contributed by atoms with E-state index in [9.17, 15) is 23.1 Å². The molecule has 1 fully saturated rings. The van der Waals surface area contributed by atoms with Gasteiger partial charge >= 0.3 is 12.1 Å². The lowest BCUT2D eigenvalue weighted by Gasteiger charge is -2.24. The lowest BCUT2D eigenvalue weighted by atomic mass is 9.82. The summed E-state index contributed by atoms with van der Waals surface area (Å²) in [6, 6.07) is 1.72. The van der Waals surface area contributed by atoms with Gasteiger partial charge in [-0.3, -0.25) is 4.79 Å². The van der Waals surface area contributed by atoms with Crippen LogP contribution in [0.4, 0.5) is 19.0 Å². The van der Waals surface area contributed by atoms with E-state index >= 15 is 0 Å². The maximum absolute atomic E-state index is 13.6. The molecule has 0 aliphatic heterocycles. The van der Waals surface area contributed by atoms with Crippen LogP contribution in [0.1, 0.15) is 60.2 Å². The number of nitrogens with zero attached hydrogens (tertiary/aromatic N) is 4. The molecule has 0 aromatic carbocycles. The average molecular weight is 463 g/mol. The van der Waals surface area contributed by atoms with Crippen molar-refractivity contribution in [3.8, 4) is 10.6 Å². The van der Waals surface area contributed by atoms with Crippen molar-refractivity contribution in [2.75, 3.05) is 5.73 Å². The van der Waals surface area contributed by atoms with E-state index in [2.05, 4.69) is 10.1 Å². The van der Waals surface area contributed by atoms with Gasteiger partial charge in [-0.05, 0) is 43.7 Å². The quantitative estimate of drug-likeness (QED) is 0.575. The van der Waals surface area contributed by atoms with Crippen molar-refractivity contribution in [2.24, 2.45) is 5.92 Å². The van der Waals surface area contributed by atoms with Crippen LogP contribution in [-0.4, -0.2) is 36.8 Å². The first-order valence-electron chi connectivity index (χ1n) is 10.3.